The number of aromatic nitrogens is 1. The normalized spacial score (nSPS) is 12.5. The molecule has 0 saturated heterocycles. The molecule has 0 aliphatic carbocycles. The van der Waals surface area contributed by atoms with Gasteiger partial charge in [0.2, 0.25) is 5.69 Å². The van der Waals surface area contributed by atoms with Crippen LogP contribution in [0, 0.1) is 6.92 Å². The lowest BCUT2D eigenvalue weighted by Crippen LogP contribution is -2.33. The number of hydrogen-bond donors (Lipinski definition) is 0. The van der Waals surface area contributed by atoms with E-state index in [0.717, 1.165) is 6.42 Å². The fourth-order valence-corrected chi connectivity index (χ4v) is 2.86. The SMILES string of the molecule is CCC(C)(C)c1ccc(-c2cc(C(C)(C)C)ccc2C)[n+](C)c1. The summed E-state index contributed by atoms with van der Waals surface area (Å²) in [7, 11) is 2.16. The third kappa shape index (κ3) is 3.65. The quantitative estimate of drug-likeness (QED) is 0.662. The Labute approximate surface area is 142 Å². The van der Waals surface area contributed by atoms with Crippen molar-refractivity contribution in [3.8, 4) is 11.3 Å². The molecule has 0 spiro atoms. The largest absolute Gasteiger partial charge is 0.212 e. The molecule has 1 aromatic carbocycles. The Hall–Kier alpha value is -1.63. The van der Waals surface area contributed by atoms with E-state index in [1.165, 1.54) is 27.9 Å². The van der Waals surface area contributed by atoms with Gasteiger partial charge in [-0.05, 0) is 47.4 Å². The minimum absolute atomic E-state index is 0.172. The lowest BCUT2D eigenvalue weighted by atomic mass is 9.82. The summed E-state index contributed by atoms with van der Waals surface area (Å²) < 4.78 is 2.28. The van der Waals surface area contributed by atoms with Crippen LogP contribution in [0.5, 0.6) is 0 Å². The zero-order valence-corrected chi connectivity index (χ0v) is 16.1. The molecule has 23 heavy (non-hydrogen) atoms. The smallest absolute Gasteiger partial charge is 0.201 e. The molecule has 0 radical (unpaired) electrons. The molecule has 2 rings (SSSR count). The van der Waals surface area contributed by atoms with Gasteiger partial charge in [0.25, 0.3) is 0 Å². The van der Waals surface area contributed by atoms with Crippen molar-refractivity contribution in [2.75, 3.05) is 0 Å². The molecule has 0 N–H and O–H groups in total. The minimum Gasteiger partial charge on any atom is -0.201 e. The highest BCUT2D eigenvalue weighted by Gasteiger charge is 2.23. The molecular formula is C22H32N+. The second kappa shape index (κ2) is 6.11. The first-order chi connectivity index (χ1) is 10.6. The summed E-state index contributed by atoms with van der Waals surface area (Å²) in [5.74, 6) is 0. The van der Waals surface area contributed by atoms with Gasteiger partial charge >= 0.3 is 0 Å². The van der Waals surface area contributed by atoms with Crippen LogP contribution in [0.25, 0.3) is 11.3 Å². The Morgan fingerprint density at radius 2 is 1.52 bits per heavy atom. The first-order valence-electron chi connectivity index (χ1n) is 8.68. The monoisotopic (exact) mass is 310 g/mol. The second-order valence-corrected chi connectivity index (χ2v) is 8.43. The maximum Gasteiger partial charge on any atom is 0.212 e. The molecule has 0 bridgehead atoms. The third-order valence-electron chi connectivity index (χ3n) is 5.18. The van der Waals surface area contributed by atoms with Crippen molar-refractivity contribution in [2.24, 2.45) is 7.05 Å². The second-order valence-electron chi connectivity index (χ2n) is 8.43. The van der Waals surface area contributed by atoms with Gasteiger partial charge in [0, 0.05) is 17.2 Å². The summed E-state index contributed by atoms with van der Waals surface area (Å²) in [4.78, 5) is 0. The molecule has 0 atom stereocenters. The van der Waals surface area contributed by atoms with E-state index in [1.54, 1.807) is 0 Å². The fourth-order valence-electron chi connectivity index (χ4n) is 2.86. The number of aryl methyl sites for hydroxylation is 2. The van der Waals surface area contributed by atoms with Gasteiger partial charge < -0.3 is 0 Å². The Bertz CT molecular complexity index is 702. The number of nitrogens with zero attached hydrogens (tertiary/aromatic N) is 1. The van der Waals surface area contributed by atoms with Crippen LogP contribution in [0.2, 0.25) is 0 Å². The van der Waals surface area contributed by atoms with E-state index in [-0.39, 0.29) is 10.8 Å². The van der Waals surface area contributed by atoms with E-state index in [1.807, 2.05) is 0 Å². The van der Waals surface area contributed by atoms with Gasteiger partial charge in [0.05, 0.1) is 0 Å². The van der Waals surface area contributed by atoms with Crippen LogP contribution in [0.15, 0.2) is 36.5 Å². The summed E-state index contributed by atoms with van der Waals surface area (Å²) >= 11 is 0. The lowest BCUT2D eigenvalue weighted by Gasteiger charge is -2.22. The molecule has 0 aliphatic rings. The number of rotatable bonds is 3. The van der Waals surface area contributed by atoms with Crippen molar-refractivity contribution >= 4 is 0 Å². The van der Waals surface area contributed by atoms with E-state index in [0.29, 0.717) is 0 Å². The van der Waals surface area contributed by atoms with Gasteiger partial charge in [-0.1, -0.05) is 53.7 Å². The molecule has 0 amide bonds. The topological polar surface area (TPSA) is 3.88 Å². The van der Waals surface area contributed by atoms with Crippen molar-refractivity contribution in [1.82, 2.24) is 0 Å². The van der Waals surface area contributed by atoms with Gasteiger partial charge in [-0.15, -0.1) is 0 Å². The van der Waals surface area contributed by atoms with Gasteiger partial charge in [-0.25, -0.2) is 4.57 Å². The predicted molar refractivity (Wildman–Crippen MR) is 99.8 cm³/mol. The van der Waals surface area contributed by atoms with Gasteiger partial charge in [-0.2, -0.15) is 0 Å². The van der Waals surface area contributed by atoms with Crippen LogP contribution < -0.4 is 4.57 Å². The van der Waals surface area contributed by atoms with Crippen LogP contribution in [0.1, 0.15) is 64.7 Å². The molecule has 0 fully saturated rings. The zero-order valence-electron chi connectivity index (χ0n) is 16.1. The van der Waals surface area contributed by atoms with E-state index in [2.05, 4.69) is 96.6 Å². The average Bonchev–Trinajstić information content (AvgIpc) is 2.46. The number of benzene rings is 1. The first kappa shape index (κ1) is 17.7. The van der Waals surface area contributed by atoms with E-state index in [4.69, 9.17) is 0 Å². The Kier molecular flexibility index (Phi) is 4.71. The average molecular weight is 311 g/mol. The van der Waals surface area contributed by atoms with Crippen LogP contribution >= 0.6 is 0 Å². The van der Waals surface area contributed by atoms with E-state index >= 15 is 0 Å². The zero-order chi connectivity index (χ0) is 17.4. The summed E-state index contributed by atoms with van der Waals surface area (Å²) in [5, 5.41) is 0. The molecule has 2 aromatic rings. The highest BCUT2D eigenvalue weighted by Crippen LogP contribution is 2.30. The summed E-state index contributed by atoms with van der Waals surface area (Å²) in [6, 6.07) is 11.4. The first-order valence-corrected chi connectivity index (χ1v) is 8.68. The summed E-state index contributed by atoms with van der Waals surface area (Å²) in [5.41, 5.74) is 7.12. The Morgan fingerprint density at radius 1 is 0.913 bits per heavy atom. The van der Waals surface area contributed by atoms with E-state index < -0.39 is 0 Å². The summed E-state index contributed by atoms with van der Waals surface area (Å²) in [6.07, 6.45) is 3.44. The highest BCUT2D eigenvalue weighted by atomic mass is 14.9. The van der Waals surface area contributed by atoms with Crippen LogP contribution in [0.4, 0.5) is 0 Å². The minimum atomic E-state index is 0.172. The molecule has 1 nitrogen and oxygen atoms in total. The number of pyridine rings is 1. The van der Waals surface area contributed by atoms with Gasteiger partial charge in [-0.3, -0.25) is 0 Å². The molecule has 0 unspecified atom stereocenters. The van der Waals surface area contributed by atoms with Crippen molar-refractivity contribution in [3.05, 3.63) is 53.2 Å². The maximum atomic E-state index is 2.36. The highest BCUT2D eigenvalue weighted by molar-refractivity contribution is 5.62. The molecule has 1 heterocycles. The molecular weight excluding hydrogens is 278 g/mol. The lowest BCUT2D eigenvalue weighted by molar-refractivity contribution is -0.661. The van der Waals surface area contributed by atoms with Crippen molar-refractivity contribution < 1.29 is 4.57 Å². The maximum absolute atomic E-state index is 2.36. The molecule has 1 heteroatoms. The Balaban J connectivity index is 2.55. The Morgan fingerprint density at radius 3 is 2.04 bits per heavy atom. The number of hydrogen-bond acceptors (Lipinski definition) is 0. The van der Waals surface area contributed by atoms with Gasteiger partial charge in [0.1, 0.15) is 7.05 Å². The van der Waals surface area contributed by atoms with Crippen molar-refractivity contribution in [3.63, 3.8) is 0 Å². The van der Waals surface area contributed by atoms with Crippen molar-refractivity contribution in [1.29, 1.82) is 0 Å². The van der Waals surface area contributed by atoms with Crippen LogP contribution in [-0.4, -0.2) is 0 Å². The molecule has 0 aliphatic heterocycles. The summed E-state index contributed by atoms with van der Waals surface area (Å²) in [6.45, 7) is 15.9. The van der Waals surface area contributed by atoms with Crippen LogP contribution in [-0.2, 0) is 17.9 Å². The fraction of sp³-hybridized carbons (Fsp3) is 0.500. The molecule has 1 aromatic heterocycles. The standard InChI is InChI=1S/C22H32N/c1-9-22(6,7)18-12-13-20(23(8)15-18)19-14-17(21(3,4)5)11-10-16(19)2/h10-15H,9H2,1-8H3/q+1. The van der Waals surface area contributed by atoms with Crippen LogP contribution in [0.3, 0.4) is 0 Å². The molecule has 124 valence electrons. The predicted octanol–water partition coefficient (Wildman–Crippen LogP) is 5.47. The van der Waals surface area contributed by atoms with Crippen molar-refractivity contribution in [2.45, 2.75) is 65.7 Å². The van der Waals surface area contributed by atoms with E-state index in [9.17, 15) is 0 Å². The molecule has 0 saturated carbocycles. The van der Waals surface area contributed by atoms with Gasteiger partial charge in [0.15, 0.2) is 6.20 Å². The third-order valence-corrected chi connectivity index (χ3v) is 5.18.